The minimum atomic E-state index is -3.75. The molecule has 1 amide bonds. The smallest absolute Gasteiger partial charge is 0.304 e. The van der Waals surface area contributed by atoms with Crippen LogP contribution >= 0.6 is 0 Å². The first kappa shape index (κ1) is 13.8. The summed E-state index contributed by atoms with van der Waals surface area (Å²) in [5.41, 5.74) is 0.202. The third-order valence-electron chi connectivity index (χ3n) is 2.98. The first-order valence-corrected chi connectivity index (χ1v) is 7.44. The van der Waals surface area contributed by atoms with Gasteiger partial charge in [-0.25, -0.2) is 4.72 Å². The maximum atomic E-state index is 12.0. The van der Waals surface area contributed by atoms with Crippen LogP contribution in [-0.4, -0.2) is 38.8 Å². The van der Waals surface area contributed by atoms with E-state index in [2.05, 4.69) is 4.72 Å². The normalized spacial score (nSPS) is 16.3. The van der Waals surface area contributed by atoms with Gasteiger partial charge in [0.15, 0.2) is 0 Å². The van der Waals surface area contributed by atoms with E-state index in [0.717, 1.165) is 12.8 Å². The molecule has 0 aliphatic carbocycles. The molecule has 1 aliphatic heterocycles. The molecular formula is C12H16N2O4S. The number of nitrogens with one attached hydrogen (secondary N) is 1. The van der Waals surface area contributed by atoms with Gasteiger partial charge in [-0.2, -0.15) is 12.7 Å². The number of nitrogens with zero attached hydrogens (tertiary/aromatic N) is 1. The van der Waals surface area contributed by atoms with Crippen molar-refractivity contribution < 1.29 is 17.9 Å². The number of rotatable bonds is 4. The van der Waals surface area contributed by atoms with Gasteiger partial charge in [0, 0.05) is 13.1 Å². The first-order chi connectivity index (χ1) is 9.04. The van der Waals surface area contributed by atoms with Crippen LogP contribution in [0, 0.1) is 0 Å². The van der Waals surface area contributed by atoms with E-state index >= 15 is 0 Å². The number of hydrogen-bond acceptors (Lipinski definition) is 4. The largest absolute Gasteiger partial charge is 0.496 e. The highest BCUT2D eigenvalue weighted by Crippen LogP contribution is 2.18. The number of carbonyl (C=O) groups excluding carboxylic acids is 1. The highest BCUT2D eigenvalue weighted by molar-refractivity contribution is 7.87. The van der Waals surface area contributed by atoms with E-state index in [-0.39, 0.29) is 5.56 Å². The molecule has 0 saturated carbocycles. The van der Waals surface area contributed by atoms with Gasteiger partial charge in [-0.15, -0.1) is 0 Å². The molecule has 2 rings (SSSR count). The molecule has 0 atom stereocenters. The van der Waals surface area contributed by atoms with E-state index in [0.29, 0.717) is 18.8 Å². The fourth-order valence-corrected chi connectivity index (χ4v) is 3.21. The maximum absolute atomic E-state index is 12.0. The second-order valence-electron chi connectivity index (χ2n) is 4.24. The van der Waals surface area contributed by atoms with Crippen LogP contribution in [0.5, 0.6) is 5.75 Å². The van der Waals surface area contributed by atoms with Gasteiger partial charge in [0.2, 0.25) is 0 Å². The van der Waals surface area contributed by atoms with Crippen molar-refractivity contribution in [1.29, 1.82) is 0 Å². The van der Waals surface area contributed by atoms with Crippen LogP contribution in [0.1, 0.15) is 23.2 Å². The predicted octanol–water partition coefficient (Wildman–Crippen LogP) is 0.766. The fourth-order valence-electron chi connectivity index (χ4n) is 2.00. The van der Waals surface area contributed by atoms with Crippen molar-refractivity contribution in [2.24, 2.45) is 0 Å². The number of hydrogen-bond donors (Lipinski definition) is 1. The summed E-state index contributed by atoms with van der Waals surface area (Å²) in [7, 11) is -2.32. The van der Waals surface area contributed by atoms with Crippen LogP contribution in [0.4, 0.5) is 0 Å². The van der Waals surface area contributed by atoms with E-state index in [1.54, 1.807) is 18.2 Å². The molecule has 6 nitrogen and oxygen atoms in total. The van der Waals surface area contributed by atoms with Crippen molar-refractivity contribution in [3.8, 4) is 5.75 Å². The Morgan fingerprint density at radius 3 is 2.53 bits per heavy atom. The Kier molecular flexibility index (Phi) is 4.06. The standard InChI is InChI=1S/C12H16N2O4S/c1-18-11-7-3-2-6-10(11)12(15)13-19(16,17)14-8-4-5-9-14/h2-3,6-7H,4-5,8-9H2,1H3,(H,13,15). The maximum Gasteiger partial charge on any atom is 0.304 e. The third kappa shape index (κ3) is 3.05. The number of ether oxygens (including phenoxy) is 1. The van der Waals surface area contributed by atoms with Crippen molar-refractivity contribution in [2.45, 2.75) is 12.8 Å². The van der Waals surface area contributed by atoms with Crippen molar-refractivity contribution >= 4 is 16.1 Å². The lowest BCUT2D eigenvalue weighted by Gasteiger charge is -2.16. The van der Waals surface area contributed by atoms with Gasteiger partial charge < -0.3 is 4.74 Å². The summed E-state index contributed by atoms with van der Waals surface area (Å²) in [6.07, 6.45) is 1.65. The predicted molar refractivity (Wildman–Crippen MR) is 70.2 cm³/mol. The molecule has 104 valence electrons. The summed E-state index contributed by atoms with van der Waals surface area (Å²) in [6.45, 7) is 0.906. The molecular weight excluding hydrogens is 268 g/mol. The lowest BCUT2D eigenvalue weighted by Crippen LogP contribution is -2.42. The molecule has 19 heavy (non-hydrogen) atoms. The van der Waals surface area contributed by atoms with Gasteiger partial charge in [-0.1, -0.05) is 12.1 Å². The van der Waals surface area contributed by atoms with Crippen molar-refractivity contribution in [3.63, 3.8) is 0 Å². The van der Waals surface area contributed by atoms with E-state index in [1.807, 2.05) is 0 Å². The summed E-state index contributed by atoms with van der Waals surface area (Å²) >= 11 is 0. The second kappa shape index (κ2) is 5.58. The van der Waals surface area contributed by atoms with Crippen LogP contribution in [0.25, 0.3) is 0 Å². The number of benzene rings is 1. The molecule has 0 radical (unpaired) electrons. The van der Waals surface area contributed by atoms with Gasteiger partial charge >= 0.3 is 10.2 Å². The lowest BCUT2D eigenvalue weighted by molar-refractivity contribution is 0.0976. The Morgan fingerprint density at radius 2 is 1.89 bits per heavy atom. The molecule has 1 saturated heterocycles. The molecule has 1 aliphatic rings. The molecule has 0 unspecified atom stereocenters. The molecule has 0 spiro atoms. The average molecular weight is 284 g/mol. The quantitative estimate of drug-likeness (QED) is 0.886. The van der Waals surface area contributed by atoms with E-state index in [4.69, 9.17) is 4.74 Å². The van der Waals surface area contributed by atoms with Gasteiger partial charge in [0.05, 0.1) is 12.7 Å². The molecule has 0 bridgehead atoms. The van der Waals surface area contributed by atoms with Crippen LogP contribution in [-0.2, 0) is 10.2 Å². The first-order valence-electron chi connectivity index (χ1n) is 6.00. The average Bonchev–Trinajstić information content (AvgIpc) is 2.93. The van der Waals surface area contributed by atoms with Crippen molar-refractivity contribution in [3.05, 3.63) is 29.8 Å². The minimum Gasteiger partial charge on any atom is -0.496 e. The molecule has 1 N–H and O–H groups in total. The highest BCUT2D eigenvalue weighted by Gasteiger charge is 2.28. The summed E-state index contributed by atoms with van der Waals surface area (Å²) in [5, 5.41) is 0. The number of carbonyl (C=O) groups is 1. The van der Waals surface area contributed by atoms with Gasteiger partial charge in [-0.05, 0) is 25.0 Å². The third-order valence-corrected chi connectivity index (χ3v) is 4.47. The summed E-state index contributed by atoms with van der Waals surface area (Å²) in [6, 6.07) is 6.50. The topological polar surface area (TPSA) is 75.7 Å². The van der Waals surface area contributed by atoms with Crippen molar-refractivity contribution in [1.82, 2.24) is 9.03 Å². The number of para-hydroxylation sites is 1. The molecule has 7 heteroatoms. The van der Waals surface area contributed by atoms with Crippen LogP contribution in [0.15, 0.2) is 24.3 Å². The van der Waals surface area contributed by atoms with Gasteiger partial charge in [0.25, 0.3) is 5.91 Å². The highest BCUT2D eigenvalue weighted by atomic mass is 32.2. The van der Waals surface area contributed by atoms with E-state index in [1.165, 1.54) is 17.5 Å². The minimum absolute atomic E-state index is 0.202. The fraction of sp³-hybridized carbons (Fsp3) is 0.417. The number of methoxy groups -OCH3 is 1. The van der Waals surface area contributed by atoms with E-state index < -0.39 is 16.1 Å². The molecule has 0 aromatic heterocycles. The van der Waals surface area contributed by atoms with Gasteiger partial charge in [-0.3, -0.25) is 4.79 Å². The SMILES string of the molecule is COc1ccccc1C(=O)NS(=O)(=O)N1CCCC1. The zero-order valence-electron chi connectivity index (χ0n) is 10.6. The lowest BCUT2D eigenvalue weighted by atomic mass is 10.2. The Balaban J connectivity index is 2.16. The molecule has 1 aromatic rings. The Hall–Kier alpha value is -1.60. The van der Waals surface area contributed by atoms with Crippen molar-refractivity contribution in [2.75, 3.05) is 20.2 Å². The summed E-state index contributed by atoms with van der Waals surface area (Å²) < 4.78 is 32.3. The molecule has 1 aromatic carbocycles. The van der Waals surface area contributed by atoms with Crippen LogP contribution < -0.4 is 9.46 Å². The monoisotopic (exact) mass is 284 g/mol. The number of amides is 1. The van der Waals surface area contributed by atoms with Crippen LogP contribution in [0.3, 0.4) is 0 Å². The Labute approximate surface area is 112 Å². The summed E-state index contributed by atoms with van der Waals surface area (Å²) in [4.78, 5) is 12.0. The zero-order valence-corrected chi connectivity index (χ0v) is 11.4. The molecule has 1 heterocycles. The van der Waals surface area contributed by atoms with Crippen LogP contribution in [0.2, 0.25) is 0 Å². The summed E-state index contributed by atoms with van der Waals surface area (Å²) in [5.74, 6) is -0.332. The second-order valence-corrected chi connectivity index (χ2v) is 5.91. The van der Waals surface area contributed by atoms with E-state index in [9.17, 15) is 13.2 Å². The Morgan fingerprint density at radius 1 is 1.26 bits per heavy atom. The Bertz CT molecular complexity index is 565. The molecule has 1 fully saturated rings. The van der Waals surface area contributed by atoms with Gasteiger partial charge in [0.1, 0.15) is 5.75 Å². The zero-order chi connectivity index (χ0) is 13.9.